The first-order chi connectivity index (χ1) is 6.81. The predicted molar refractivity (Wildman–Crippen MR) is 64.3 cm³/mol. The first-order valence-electron chi connectivity index (χ1n) is 4.71. The zero-order valence-electron chi connectivity index (χ0n) is 8.89. The van der Waals surface area contributed by atoms with Crippen molar-refractivity contribution in [1.82, 2.24) is 4.90 Å². The predicted octanol–water partition coefficient (Wildman–Crippen LogP) is 2.98. The molecule has 0 N–H and O–H groups in total. The van der Waals surface area contributed by atoms with Gasteiger partial charge in [0.15, 0.2) is 0 Å². The molecule has 0 bridgehead atoms. The zero-order chi connectivity index (χ0) is 10.6. The Kier molecular flexibility index (Phi) is 8.81. The molecule has 0 radical (unpaired) electrons. The van der Waals surface area contributed by atoms with Gasteiger partial charge in [0.25, 0.3) is 0 Å². The fraction of sp³-hybridized carbons (Fsp3) is 0.231. The van der Waals surface area contributed by atoms with Crippen LogP contribution < -0.4 is 0 Å². The van der Waals surface area contributed by atoms with Gasteiger partial charge in [-0.2, -0.15) is 0 Å². The molecule has 1 rings (SSSR count). The number of likely N-dealkylation sites (N-methyl/N-ethyl adjacent to an activating group) is 1. The Bertz CT molecular complexity index is 192. The minimum atomic E-state index is 0.937. The van der Waals surface area contributed by atoms with Crippen molar-refractivity contribution in [3.05, 3.63) is 61.7 Å². The highest BCUT2D eigenvalue weighted by Crippen LogP contribution is 1.80. The summed E-state index contributed by atoms with van der Waals surface area (Å²) < 4.78 is 0. The van der Waals surface area contributed by atoms with Crippen molar-refractivity contribution >= 4 is 0 Å². The molecule has 0 unspecified atom stereocenters. The molecule has 0 fully saturated rings. The molecule has 0 amide bonds. The fourth-order valence-electron chi connectivity index (χ4n) is 0.900. The number of rotatable bonds is 4. The molecular weight excluding hydrogens is 170 g/mol. The zero-order valence-corrected chi connectivity index (χ0v) is 8.89. The summed E-state index contributed by atoms with van der Waals surface area (Å²) in [6.45, 7) is 9.09. The summed E-state index contributed by atoms with van der Waals surface area (Å²) in [7, 11) is 2.03. The molecule has 0 aliphatic rings. The van der Waals surface area contributed by atoms with Gasteiger partial charge >= 0.3 is 0 Å². The Morgan fingerprint density at radius 1 is 0.857 bits per heavy atom. The van der Waals surface area contributed by atoms with E-state index < -0.39 is 0 Å². The van der Waals surface area contributed by atoms with Crippen LogP contribution in [0.2, 0.25) is 0 Å². The first-order valence-corrected chi connectivity index (χ1v) is 4.71. The van der Waals surface area contributed by atoms with Gasteiger partial charge in [-0.3, -0.25) is 4.90 Å². The second-order valence-electron chi connectivity index (χ2n) is 2.95. The van der Waals surface area contributed by atoms with Crippen LogP contribution in [-0.2, 0) is 0 Å². The maximum atomic E-state index is 3.61. The maximum absolute atomic E-state index is 3.61. The lowest BCUT2D eigenvalue weighted by Gasteiger charge is -2.09. The molecule has 0 spiro atoms. The highest BCUT2D eigenvalue weighted by molar-refractivity contribution is 4.99. The molecule has 0 aliphatic heterocycles. The molecule has 1 heteroatoms. The first kappa shape index (κ1) is 12.7. The van der Waals surface area contributed by atoms with Gasteiger partial charge in [0.05, 0.1) is 0 Å². The molecule has 1 aromatic carbocycles. The van der Waals surface area contributed by atoms with Crippen LogP contribution in [0.15, 0.2) is 61.7 Å². The van der Waals surface area contributed by atoms with Gasteiger partial charge < -0.3 is 0 Å². The smallest absolute Gasteiger partial charge is 0.0160 e. The topological polar surface area (TPSA) is 3.24 Å². The fourth-order valence-corrected chi connectivity index (χ4v) is 0.900. The third kappa shape index (κ3) is 8.75. The highest BCUT2D eigenvalue weighted by Gasteiger charge is 1.86. The third-order valence-corrected chi connectivity index (χ3v) is 1.55. The van der Waals surface area contributed by atoms with Gasteiger partial charge in [0.2, 0.25) is 0 Å². The van der Waals surface area contributed by atoms with Crippen LogP contribution in [0.25, 0.3) is 0 Å². The van der Waals surface area contributed by atoms with Crippen LogP contribution in [-0.4, -0.2) is 25.0 Å². The summed E-state index contributed by atoms with van der Waals surface area (Å²) in [5, 5.41) is 0. The van der Waals surface area contributed by atoms with Crippen LogP contribution in [0.3, 0.4) is 0 Å². The molecule has 1 aromatic rings. The van der Waals surface area contributed by atoms with Crippen LogP contribution in [0.1, 0.15) is 0 Å². The van der Waals surface area contributed by atoms with E-state index in [-0.39, 0.29) is 0 Å². The van der Waals surface area contributed by atoms with Crippen molar-refractivity contribution in [2.75, 3.05) is 20.1 Å². The van der Waals surface area contributed by atoms with E-state index in [1.807, 2.05) is 55.6 Å². The second kappa shape index (κ2) is 9.75. The minimum Gasteiger partial charge on any atom is -0.299 e. The molecule has 76 valence electrons. The Hall–Kier alpha value is -1.34. The van der Waals surface area contributed by atoms with Crippen molar-refractivity contribution in [2.45, 2.75) is 0 Å². The van der Waals surface area contributed by atoms with Crippen LogP contribution in [0, 0.1) is 0 Å². The Morgan fingerprint density at radius 2 is 1.14 bits per heavy atom. The van der Waals surface area contributed by atoms with Crippen molar-refractivity contribution in [3.8, 4) is 0 Å². The van der Waals surface area contributed by atoms with Gasteiger partial charge in [0, 0.05) is 13.1 Å². The summed E-state index contributed by atoms with van der Waals surface area (Å²) in [6, 6.07) is 12.0. The summed E-state index contributed by atoms with van der Waals surface area (Å²) in [5.41, 5.74) is 0. The quantitative estimate of drug-likeness (QED) is 0.658. The SMILES string of the molecule is C=CCN(C)CC=C.c1ccccc1. The molecule has 0 atom stereocenters. The van der Waals surface area contributed by atoms with E-state index >= 15 is 0 Å². The molecule has 1 nitrogen and oxygen atoms in total. The lowest BCUT2D eigenvalue weighted by molar-refractivity contribution is 0.413. The van der Waals surface area contributed by atoms with E-state index in [1.54, 1.807) is 0 Å². The highest BCUT2D eigenvalue weighted by atomic mass is 15.1. The molecule has 0 aliphatic carbocycles. The Morgan fingerprint density at radius 3 is 1.36 bits per heavy atom. The van der Waals surface area contributed by atoms with Gasteiger partial charge in [-0.15, -0.1) is 13.2 Å². The summed E-state index contributed by atoms with van der Waals surface area (Å²) in [4.78, 5) is 2.12. The number of benzene rings is 1. The van der Waals surface area contributed by atoms with Gasteiger partial charge in [0.1, 0.15) is 0 Å². The summed E-state index contributed by atoms with van der Waals surface area (Å²) in [5.74, 6) is 0. The lowest BCUT2D eigenvalue weighted by atomic mass is 10.4. The monoisotopic (exact) mass is 189 g/mol. The lowest BCUT2D eigenvalue weighted by Crippen LogP contribution is -2.17. The Balaban J connectivity index is 0.000000249. The normalized spacial score (nSPS) is 8.71. The van der Waals surface area contributed by atoms with Crippen molar-refractivity contribution in [3.63, 3.8) is 0 Å². The van der Waals surface area contributed by atoms with Gasteiger partial charge in [-0.05, 0) is 7.05 Å². The Labute approximate surface area is 87.4 Å². The molecule has 0 saturated carbocycles. The van der Waals surface area contributed by atoms with Gasteiger partial charge in [-0.1, -0.05) is 48.6 Å². The van der Waals surface area contributed by atoms with E-state index in [0.717, 1.165) is 13.1 Å². The molecular formula is C13H19N. The number of nitrogens with zero attached hydrogens (tertiary/aromatic N) is 1. The number of hydrogen-bond acceptors (Lipinski definition) is 1. The van der Waals surface area contributed by atoms with Gasteiger partial charge in [-0.25, -0.2) is 0 Å². The van der Waals surface area contributed by atoms with Crippen LogP contribution >= 0.6 is 0 Å². The minimum absolute atomic E-state index is 0.937. The molecule has 14 heavy (non-hydrogen) atoms. The molecule has 0 aromatic heterocycles. The largest absolute Gasteiger partial charge is 0.299 e. The summed E-state index contributed by atoms with van der Waals surface area (Å²) >= 11 is 0. The third-order valence-electron chi connectivity index (χ3n) is 1.55. The number of hydrogen-bond donors (Lipinski definition) is 0. The standard InChI is InChI=1S/C7H13N.C6H6/c1-4-6-8(3)7-5-2;1-2-4-6-5-3-1/h4-5H,1-2,6-7H2,3H3;1-6H. The average Bonchev–Trinajstić information content (AvgIpc) is 2.22. The maximum Gasteiger partial charge on any atom is 0.0160 e. The van der Waals surface area contributed by atoms with Crippen LogP contribution in [0.4, 0.5) is 0 Å². The molecule has 0 heterocycles. The van der Waals surface area contributed by atoms with E-state index in [0.29, 0.717) is 0 Å². The second-order valence-corrected chi connectivity index (χ2v) is 2.95. The van der Waals surface area contributed by atoms with Crippen molar-refractivity contribution < 1.29 is 0 Å². The van der Waals surface area contributed by atoms with E-state index in [1.165, 1.54) is 0 Å². The average molecular weight is 189 g/mol. The van der Waals surface area contributed by atoms with Crippen LogP contribution in [0.5, 0.6) is 0 Å². The van der Waals surface area contributed by atoms with Crippen molar-refractivity contribution in [2.24, 2.45) is 0 Å². The van der Waals surface area contributed by atoms with Crippen molar-refractivity contribution in [1.29, 1.82) is 0 Å². The summed E-state index contributed by atoms with van der Waals surface area (Å²) in [6.07, 6.45) is 3.76. The molecule has 0 saturated heterocycles. The van der Waals surface area contributed by atoms with E-state index in [4.69, 9.17) is 0 Å². The van der Waals surface area contributed by atoms with E-state index in [2.05, 4.69) is 18.1 Å². The van der Waals surface area contributed by atoms with E-state index in [9.17, 15) is 0 Å².